The number of aromatic carboxylic acids is 1. The highest BCUT2D eigenvalue weighted by atomic mass is 35.5. The maximum atomic E-state index is 12.4. The molecule has 1 atom stereocenters. The summed E-state index contributed by atoms with van der Waals surface area (Å²) in [4.78, 5) is 23.4. The Bertz CT molecular complexity index is 1010. The number of carboxylic acids is 1. The first-order chi connectivity index (χ1) is 13.4. The molecule has 0 spiro atoms. The van der Waals surface area contributed by atoms with Gasteiger partial charge in [-0.15, -0.1) is 0 Å². The SMILES string of the molecule is Cc1noc(-c2ccc(C(=O)O)cc2)c1NC(=O)O[C@H](C)c1ccccc1Cl. The second-order valence-corrected chi connectivity index (χ2v) is 6.46. The van der Waals surface area contributed by atoms with Crippen molar-refractivity contribution < 1.29 is 24.0 Å². The molecule has 2 aromatic carbocycles. The molecular weight excluding hydrogens is 384 g/mol. The Morgan fingerprint density at radius 2 is 1.86 bits per heavy atom. The van der Waals surface area contributed by atoms with Crippen molar-refractivity contribution in [1.29, 1.82) is 0 Å². The molecular formula is C20H17ClN2O5. The van der Waals surface area contributed by atoms with Gasteiger partial charge < -0.3 is 14.4 Å². The highest BCUT2D eigenvalue weighted by Crippen LogP contribution is 2.32. The van der Waals surface area contributed by atoms with E-state index in [0.717, 1.165) is 0 Å². The summed E-state index contributed by atoms with van der Waals surface area (Å²) in [7, 11) is 0. The lowest BCUT2D eigenvalue weighted by atomic mass is 10.1. The fourth-order valence-corrected chi connectivity index (χ4v) is 2.93. The zero-order valence-electron chi connectivity index (χ0n) is 15.1. The van der Waals surface area contributed by atoms with E-state index in [1.165, 1.54) is 12.1 Å². The van der Waals surface area contributed by atoms with E-state index in [4.69, 9.17) is 26.0 Å². The quantitative estimate of drug-likeness (QED) is 0.601. The van der Waals surface area contributed by atoms with Crippen LogP contribution in [0.3, 0.4) is 0 Å². The van der Waals surface area contributed by atoms with E-state index in [-0.39, 0.29) is 5.56 Å². The molecule has 1 amide bonds. The summed E-state index contributed by atoms with van der Waals surface area (Å²) in [6.45, 7) is 3.39. The summed E-state index contributed by atoms with van der Waals surface area (Å²) in [6.07, 6.45) is -1.26. The normalized spacial score (nSPS) is 11.7. The van der Waals surface area contributed by atoms with E-state index in [9.17, 15) is 9.59 Å². The number of hydrogen-bond donors (Lipinski definition) is 2. The van der Waals surface area contributed by atoms with Crippen LogP contribution in [0.5, 0.6) is 0 Å². The highest BCUT2D eigenvalue weighted by Gasteiger charge is 2.20. The lowest BCUT2D eigenvalue weighted by Gasteiger charge is -2.15. The molecule has 7 nitrogen and oxygen atoms in total. The summed E-state index contributed by atoms with van der Waals surface area (Å²) in [5.41, 5.74) is 2.20. The molecule has 1 heterocycles. The number of aryl methyl sites for hydroxylation is 1. The Morgan fingerprint density at radius 1 is 1.18 bits per heavy atom. The number of carbonyl (C=O) groups excluding carboxylic acids is 1. The lowest BCUT2D eigenvalue weighted by Crippen LogP contribution is -2.17. The van der Waals surface area contributed by atoms with Crippen LogP contribution in [0.25, 0.3) is 11.3 Å². The first-order valence-corrected chi connectivity index (χ1v) is 8.76. The molecule has 0 aliphatic rings. The van der Waals surface area contributed by atoms with E-state index < -0.39 is 18.2 Å². The van der Waals surface area contributed by atoms with Crippen LogP contribution < -0.4 is 5.32 Å². The second-order valence-electron chi connectivity index (χ2n) is 6.05. The van der Waals surface area contributed by atoms with Gasteiger partial charge in [0.15, 0.2) is 5.76 Å². The highest BCUT2D eigenvalue weighted by molar-refractivity contribution is 6.31. The lowest BCUT2D eigenvalue weighted by molar-refractivity contribution is 0.0696. The van der Waals surface area contributed by atoms with Crippen LogP contribution in [-0.4, -0.2) is 22.3 Å². The molecule has 8 heteroatoms. The van der Waals surface area contributed by atoms with Gasteiger partial charge in [0.05, 0.1) is 5.56 Å². The van der Waals surface area contributed by atoms with Crippen molar-refractivity contribution in [3.8, 4) is 11.3 Å². The summed E-state index contributed by atoms with van der Waals surface area (Å²) in [5.74, 6) is -0.729. The Morgan fingerprint density at radius 3 is 2.50 bits per heavy atom. The third-order valence-corrected chi connectivity index (χ3v) is 4.46. The maximum absolute atomic E-state index is 12.4. The van der Waals surface area contributed by atoms with E-state index in [2.05, 4.69) is 10.5 Å². The molecule has 0 radical (unpaired) electrons. The summed E-state index contributed by atoms with van der Waals surface area (Å²) in [5, 5.41) is 16.0. The van der Waals surface area contributed by atoms with Crippen LogP contribution in [0.1, 0.15) is 34.6 Å². The number of nitrogens with zero attached hydrogens (tertiary/aromatic N) is 1. The van der Waals surface area contributed by atoms with Crippen LogP contribution in [0.15, 0.2) is 53.1 Å². The van der Waals surface area contributed by atoms with Crippen molar-refractivity contribution in [3.05, 3.63) is 70.4 Å². The minimum atomic E-state index is -1.03. The molecule has 0 aliphatic heterocycles. The first kappa shape index (κ1) is 19.4. The molecule has 144 valence electrons. The number of carbonyl (C=O) groups is 2. The van der Waals surface area contributed by atoms with Crippen LogP contribution in [-0.2, 0) is 4.74 Å². The van der Waals surface area contributed by atoms with Crippen LogP contribution in [0.2, 0.25) is 5.02 Å². The van der Waals surface area contributed by atoms with Crippen molar-refractivity contribution in [2.45, 2.75) is 20.0 Å². The first-order valence-electron chi connectivity index (χ1n) is 8.39. The fraction of sp³-hybridized carbons (Fsp3) is 0.150. The van der Waals surface area contributed by atoms with Gasteiger partial charge in [0.2, 0.25) is 0 Å². The van der Waals surface area contributed by atoms with E-state index in [0.29, 0.717) is 33.3 Å². The molecule has 0 fully saturated rings. The largest absolute Gasteiger partial charge is 0.478 e. The fourth-order valence-electron chi connectivity index (χ4n) is 2.64. The number of benzene rings is 2. The molecule has 0 saturated heterocycles. The van der Waals surface area contributed by atoms with Gasteiger partial charge in [0, 0.05) is 16.1 Å². The molecule has 0 bridgehead atoms. The van der Waals surface area contributed by atoms with E-state index >= 15 is 0 Å². The number of carboxylic acid groups (broad SMARTS) is 1. The van der Waals surface area contributed by atoms with Gasteiger partial charge in [-0.25, -0.2) is 9.59 Å². The zero-order chi connectivity index (χ0) is 20.3. The smallest absolute Gasteiger partial charge is 0.412 e. The molecule has 28 heavy (non-hydrogen) atoms. The number of ether oxygens (including phenoxy) is 1. The molecule has 1 aromatic heterocycles. The predicted octanol–water partition coefficient (Wildman–Crippen LogP) is 5.31. The molecule has 3 aromatic rings. The number of rotatable bonds is 5. The molecule has 0 saturated carbocycles. The van der Waals surface area contributed by atoms with Crippen molar-refractivity contribution in [2.75, 3.05) is 5.32 Å². The molecule has 2 N–H and O–H groups in total. The number of nitrogens with one attached hydrogen (secondary N) is 1. The van der Waals surface area contributed by atoms with Crippen molar-refractivity contribution in [2.24, 2.45) is 0 Å². The minimum absolute atomic E-state index is 0.141. The van der Waals surface area contributed by atoms with Gasteiger partial charge in [-0.05, 0) is 32.0 Å². The average Bonchev–Trinajstić information content (AvgIpc) is 3.02. The number of hydrogen-bond acceptors (Lipinski definition) is 5. The Balaban J connectivity index is 1.77. The van der Waals surface area contributed by atoms with Crippen molar-refractivity contribution >= 4 is 29.4 Å². The van der Waals surface area contributed by atoms with Crippen LogP contribution in [0, 0.1) is 6.92 Å². The standard InChI is InChI=1S/C20H17ClN2O5/c1-11-17(18(28-23-11)13-7-9-14(10-8-13)19(24)25)22-20(26)27-12(2)15-5-3-4-6-16(15)21/h3-10,12H,1-2H3,(H,22,26)(H,24,25)/t12-/m1/s1. The van der Waals surface area contributed by atoms with Gasteiger partial charge in [-0.2, -0.15) is 0 Å². The third-order valence-electron chi connectivity index (χ3n) is 4.11. The summed E-state index contributed by atoms with van der Waals surface area (Å²) < 4.78 is 10.7. The number of amides is 1. The topological polar surface area (TPSA) is 102 Å². The predicted molar refractivity (Wildman–Crippen MR) is 104 cm³/mol. The number of halogens is 1. The summed E-state index contributed by atoms with van der Waals surface area (Å²) in [6, 6.07) is 13.1. The number of aromatic nitrogens is 1. The van der Waals surface area contributed by atoms with Crippen LogP contribution in [0.4, 0.5) is 10.5 Å². The maximum Gasteiger partial charge on any atom is 0.412 e. The van der Waals surface area contributed by atoms with Crippen molar-refractivity contribution in [1.82, 2.24) is 5.16 Å². The van der Waals surface area contributed by atoms with E-state index in [1.54, 1.807) is 44.2 Å². The van der Waals surface area contributed by atoms with Gasteiger partial charge >= 0.3 is 12.1 Å². The Kier molecular flexibility index (Phi) is 5.65. The van der Waals surface area contributed by atoms with Crippen LogP contribution >= 0.6 is 11.6 Å². The van der Waals surface area contributed by atoms with Gasteiger partial charge in [-0.1, -0.05) is 47.1 Å². The summed E-state index contributed by atoms with van der Waals surface area (Å²) >= 11 is 6.13. The molecule has 0 aliphatic carbocycles. The average molecular weight is 401 g/mol. The third kappa shape index (κ3) is 4.15. The Hall–Kier alpha value is -3.32. The number of anilines is 1. The van der Waals surface area contributed by atoms with E-state index in [1.807, 2.05) is 6.07 Å². The second kappa shape index (κ2) is 8.14. The van der Waals surface area contributed by atoms with Gasteiger partial charge in [-0.3, -0.25) is 5.32 Å². The van der Waals surface area contributed by atoms with Crippen molar-refractivity contribution in [3.63, 3.8) is 0 Å². The Labute approximate surface area is 165 Å². The molecule has 3 rings (SSSR count). The zero-order valence-corrected chi connectivity index (χ0v) is 15.9. The minimum Gasteiger partial charge on any atom is -0.478 e. The van der Waals surface area contributed by atoms with Gasteiger partial charge in [0.25, 0.3) is 0 Å². The molecule has 0 unspecified atom stereocenters. The monoisotopic (exact) mass is 400 g/mol. The van der Waals surface area contributed by atoms with Gasteiger partial charge in [0.1, 0.15) is 17.5 Å².